The van der Waals surface area contributed by atoms with E-state index in [2.05, 4.69) is 79.7 Å². The van der Waals surface area contributed by atoms with Crippen molar-refractivity contribution in [1.82, 2.24) is 0 Å². The Bertz CT molecular complexity index is 971. The lowest BCUT2D eigenvalue weighted by Crippen LogP contribution is -2.14. The van der Waals surface area contributed by atoms with E-state index < -0.39 is 0 Å². The molecule has 0 spiro atoms. The zero-order valence-electron chi connectivity index (χ0n) is 18.6. The van der Waals surface area contributed by atoms with Crippen LogP contribution in [0.2, 0.25) is 0 Å². The monoisotopic (exact) mass is 407 g/mol. The SMILES string of the molecule is C[C@@H](Cc1ccc(C2CCC(CCc3ccc(C#N)cc3)CC2)cc1)c1ccccc1. The summed E-state index contributed by atoms with van der Waals surface area (Å²) in [5.74, 6) is 2.13. The fraction of sp³-hybridized carbons (Fsp3) is 0.367. The number of nitriles is 1. The van der Waals surface area contributed by atoms with E-state index in [9.17, 15) is 0 Å². The van der Waals surface area contributed by atoms with Crippen molar-refractivity contribution in [1.29, 1.82) is 5.26 Å². The third-order valence-electron chi connectivity index (χ3n) is 7.13. The molecule has 0 aliphatic heterocycles. The average Bonchev–Trinajstić information content (AvgIpc) is 2.84. The summed E-state index contributed by atoms with van der Waals surface area (Å²) in [5.41, 5.74) is 6.51. The second-order valence-corrected chi connectivity index (χ2v) is 9.32. The molecule has 0 saturated heterocycles. The van der Waals surface area contributed by atoms with Gasteiger partial charge in [-0.3, -0.25) is 0 Å². The lowest BCUT2D eigenvalue weighted by atomic mass is 9.76. The number of nitrogens with zero attached hydrogens (tertiary/aromatic N) is 1. The fourth-order valence-corrected chi connectivity index (χ4v) is 5.08. The Balaban J connectivity index is 1.24. The van der Waals surface area contributed by atoms with E-state index in [1.165, 1.54) is 54.4 Å². The number of hydrogen-bond acceptors (Lipinski definition) is 1. The van der Waals surface area contributed by atoms with E-state index in [-0.39, 0.29) is 0 Å². The van der Waals surface area contributed by atoms with Crippen LogP contribution in [0, 0.1) is 17.2 Å². The molecule has 1 heteroatoms. The van der Waals surface area contributed by atoms with Crippen LogP contribution < -0.4 is 0 Å². The normalized spacial score (nSPS) is 19.5. The van der Waals surface area contributed by atoms with Crippen LogP contribution in [0.1, 0.15) is 78.7 Å². The van der Waals surface area contributed by atoms with Gasteiger partial charge in [-0.2, -0.15) is 5.26 Å². The van der Waals surface area contributed by atoms with E-state index in [0.717, 1.165) is 30.2 Å². The van der Waals surface area contributed by atoms with Gasteiger partial charge in [-0.05, 0) is 97.1 Å². The van der Waals surface area contributed by atoms with Crippen LogP contribution in [0.15, 0.2) is 78.9 Å². The molecular weight excluding hydrogens is 374 g/mol. The first kappa shape index (κ1) is 21.4. The Kier molecular flexibility index (Phi) is 7.21. The predicted octanol–water partition coefficient (Wildman–Crippen LogP) is 7.81. The topological polar surface area (TPSA) is 23.8 Å². The first-order valence-electron chi connectivity index (χ1n) is 11.8. The van der Waals surface area contributed by atoms with Crippen LogP contribution in [0.4, 0.5) is 0 Å². The Hall–Kier alpha value is -2.85. The highest BCUT2D eigenvalue weighted by atomic mass is 14.3. The van der Waals surface area contributed by atoms with Crippen LogP contribution in [0.3, 0.4) is 0 Å². The first-order chi connectivity index (χ1) is 15.2. The molecule has 0 N–H and O–H groups in total. The van der Waals surface area contributed by atoms with Crippen molar-refractivity contribution in [3.8, 4) is 6.07 Å². The molecule has 0 heterocycles. The number of aryl methyl sites for hydroxylation is 1. The van der Waals surface area contributed by atoms with Crippen molar-refractivity contribution >= 4 is 0 Å². The molecule has 3 aromatic carbocycles. The quantitative estimate of drug-likeness (QED) is 0.392. The van der Waals surface area contributed by atoms with Gasteiger partial charge in [-0.25, -0.2) is 0 Å². The van der Waals surface area contributed by atoms with Gasteiger partial charge in [0.15, 0.2) is 0 Å². The molecule has 0 bridgehead atoms. The Labute approximate surface area is 187 Å². The molecule has 1 saturated carbocycles. The van der Waals surface area contributed by atoms with Crippen molar-refractivity contribution in [2.75, 3.05) is 0 Å². The standard InChI is InChI=1S/C30H33N/c1-23(28-5-3-2-4-6-28)21-26-15-19-30(20-16-26)29-17-13-25(14-18-29)8-7-24-9-11-27(22-31)12-10-24/h2-6,9-12,15-16,19-20,23,25,29H,7-8,13-14,17-18,21H2,1H3/t23-,25?,29?/m0/s1. The average molecular weight is 408 g/mol. The maximum absolute atomic E-state index is 8.93. The zero-order valence-corrected chi connectivity index (χ0v) is 18.6. The summed E-state index contributed by atoms with van der Waals surface area (Å²) in [6.45, 7) is 2.32. The number of hydrogen-bond donors (Lipinski definition) is 0. The van der Waals surface area contributed by atoms with Crippen molar-refractivity contribution in [2.24, 2.45) is 5.92 Å². The highest BCUT2D eigenvalue weighted by molar-refractivity contribution is 5.32. The fourth-order valence-electron chi connectivity index (χ4n) is 5.08. The second kappa shape index (κ2) is 10.5. The number of benzene rings is 3. The van der Waals surface area contributed by atoms with Gasteiger partial charge < -0.3 is 0 Å². The molecule has 0 aromatic heterocycles. The van der Waals surface area contributed by atoms with Crippen LogP contribution in [-0.4, -0.2) is 0 Å². The highest BCUT2D eigenvalue weighted by Crippen LogP contribution is 2.37. The molecule has 1 aliphatic carbocycles. The van der Waals surface area contributed by atoms with Gasteiger partial charge in [0.2, 0.25) is 0 Å². The Morgan fingerprint density at radius 1 is 0.806 bits per heavy atom. The summed E-state index contributed by atoms with van der Waals surface area (Å²) in [7, 11) is 0. The molecule has 1 atom stereocenters. The van der Waals surface area contributed by atoms with E-state index >= 15 is 0 Å². The van der Waals surface area contributed by atoms with Gasteiger partial charge in [-0.1, -0.05) is 73.7 Å². The van der Waals surface area contributed by atoms with Gasteiger partial charge in [0.1, 0.15) is 0 Å². The summed E-state index contributed by atoms with van der Waals surface area (Å²) in [4.78, 5) is 0. The van der Waals surface area contributed by atoms with Crippen LogP contribution in [0.25, 0.3) is 0 Å². The summed E-state index contributed by atoms with van der Waals surface area (Å²) >= 11 is 0. The molecule has 0 unspecified atom stereocenters. The van der Waals surface area contributed by atoms with Gasteiger partial charge in [0.05, 0.1) is 11.6 Å². The van der Waals surface area contributed by atoms with E-state index in [0.29, 0.717) is 5.92 Å². The molecule has 1 fully saturated rings. The van der Waals surface area contributed by atoms with Crippen molar-refractivity contribution in [3.63, 3.8) is 0 Å². The smallest absolute Gasteiger partial charge is 0.0991 e. The largest absolute Gasteiger partial charge is 0.192 e. The molecule has 1 nitrogen and oxygen atoms in total. The minimum absolute atomic E-state index is 0.554. The molecule has 158 valence electrons. The van der Waals surface area contributed by atoms with Crippen LogP contribution in [-0.2, 0) is 12.8 Å². The second-order valence-electron chi connectivity index (χ2n) is 9.32. The summed E-state index contributed by atoms with van der Waals surface area (Å²) < 4.78 is 0. The third kappa shape index (κ3) is 5.86. The van der Waals surface area contributed by atoms with Crippen molar-refractivity contribution in [3.05, 3.63) is 107 Å². The lowest BCUT2D eigenvalue weighted by Gasteiger charge is -2.29. The minimum atomic E-state index is 0.554. The van der Waals surface area contributed by atoms with E-state index in [4.69, 9.17) is 5.26 Å². The maximum atomic E-state index is 8.93. The van der Waals surface area contributed by atoms with Gasteiger partial charge in [0, 0.05) is 0 Å². The maximum Gasteiger partial charge on any atom is 0.0991 e. The first-order valence-corrected chi connectivity index (χ1v) is 11.8. The van der Waals surface area contributed by atoms with E-state index in [1.807, 2.05) is 12.1 Å². The van der Waals surface area contributed by atoms with Gasteiger partial charge in [0.25, 0.3) is 0 Å². The lowest BCUT2D eigenvalue weighted by molar-refractivity contribution is 0.310. The van der Waals surface area contributed by atoms with Crippen molar-refractivity contribution < 1.29 is 0 Å². The summed E-state index contributed by atoms with van der Waals surface area (Å²) in [5, 5.41) is 8.93. The zero-order chi connectivity index (χ0) is 21.5. The molecule has 4 rings (SSSR count). The van der Waals surface area contributed by atoms with Crippen LogP contribution in [0.5, 0.6) is 0 Å². The molecule has 0 amide bonds. The highest BCUT2D eigenvalue weighted by Gasteiger charge is 2.22. The molecule has 3 aromatic rings. The van der Waals surface area contributed by atoms with Crippen molar-refractivity contribution in [2.45, 2.75) is 63.7 Å². The summed E-state index contributed by atoms with van der Waals surface area (Å²) in [6.07, 6.45) is 8.83. The molecule has 31 heavy (non-hydrogen) atoms. The van der Waals surface area contributed by atoms with Gasteiger partial charge >= 0.3 is 0 Å². The van der Waals surface area contributed by atoms with E-state index in [1.54, 1.807) is 0 Å². The Morgan fingerprint density at radius 2 is 1.45 bits per heavy atom. The molecule has 0 radical (unpaired) electrons. The Morgan fingerprint density at radius 3 is 2.10 bits per heavy atom. The summed E-state index contributed by atoms with van der Waals surface area (Å²) in [6, 6.07) is 30.6. The number of rotatable bonds is 7. The predicted molar refractivity (Wildman–Crippen MR) is 129 cm³/mol. The van der Waals surface area contributed by atoms with Gasteiger partial charge in [-0.15, -0.1) is 0 Å². The molecule has 1 aliphatic rings. The third-order valence-corrected chi connectivity index (χ3v) is 7.13. The molecular formula is C30H33N. The minimum Gasteiger partial charge on any atom is -0.192 e. The van der Waals surface area contributed by atoms with Crippen LogP contribution >= 0.6 is 0 Å².